The Balaban J connectivity index is 1.96. The zero-order valence-corrected chi connectivity index (χ0v) is 25.1. The molecular weight excluding hydrogens is 546 g/mol. The van der Waals surface area contributed by atoms with Crippen molar-refractivity contribution in [1.29, 1.82) is 0 Å². The number of amides is 5. The topological polar surface area (TPSA) is 146 Å². The highest BCUT2D eigenvalue weighted by molar-refractivity contribution is 7.98. The number of nitrogens with one attached hydrogen (secondary N) is 4. The second-order valence-corrected chi connectivity index (χ2v) is 12.0. The molecule has 0 bridgehead atoms. The highest BCUT2D eigenvalue weighted by Gasteiger charge is 2.35. The highest BCUT2D eigenvalue weighted by Crippen LogP contribution is 2.16. The van der Waals surface area contributed by atoms with Crippen molar-refractivity contribution in [3.8, 4) is 0 Å². The van der Waals surface area contributed by atoms with Gasteiger partial charge in [0, 0.05) is 13.2 Å². The summed E-state index contributed by atoms with van der Waals surface area (Å²) in [4.78, 5) is 68.0. The average molecular weight is 590 g/mol. The first-order valence-corrected chi connectivity index (χ1v) is 15.6. The quantitative estimate of drug-likeness (QED) is 0.365. The van der Waals surface area contributed by atoms with E-state index in [0.29, 0.717) is 31.6 Å². The fraction of sp³-hybridized carbons (Fsp3) is 0.621. The molecule has 0 spiro atoms. The van der Waals surface area contributed by atoms with Gasteiger partial charge < -0.3 is 30.9 Å². The van der Waals surface area contributed by atoms with E-state index in [0.717, 1.165) is 12.0 Å². The summed E-state index contributed by atoms with van der Waals surface area (Å²) in [7, 11) is 0. The second kappa shape index (κ2) is 15.8. The molecule has 0 aromatic heterocycles. The number of nitrogens with zero attached hydrogens (tertiary/aromatic N) is 1. The van der Waals surface area contributed by atoms with Gasteiger partial charge in [-0.1, -0.05) is 44.2 Å². The molecule has 0 radical (unpaired) electrons. The fourth-order valence-corrected chi connectivity index (χ4v) is 5.40. The van der Waals surface area contributed by atoms with Crippen LogP contribution in [0.1, 0.15) is 45.6 Å². The molecule has 12 heteroatoms. The maximum atomic E-state index is 13.5. The number of ether oxygens (including phenoxy) is 1. The van der Waals surface area contributed by atoms with E-state index in [-0.39, 0.29) is 24.9 Å². The molecule has 2 aliphatic heterocycles. The highest BCUT2D eigenvalue weighted by atomic mass is 32.2. The van der Waals surface area contributed by atoms with Gasteiger partial charge in [0.25, 0.3) is 5.91 Å². The summed E-state index contributed by atoms with van der Waals surface area (Å²) in [5, 5.41) is 11.3. The molecule has 5 atom stereocenters. The van der Waals surface area contributed by atoms with E-state index in [2.05, 4.69) is 21.3 Å². The molecule has 4 N–H and O–H groups in total. The summed E-state index contributed by atoms with van der Waals surface area (Å²) >= 11 is 1.53. The van der Waals surface area contributed by atoms with E-state index in [4.69, 9.17) is 4.74 Å². The molecule has 1 aromatic rings. The molecule has 2 saturated heterocycles. The first kappa shape index (κ1) is 32.4. The molecule has 0 saturated carbocycles. The van der Waals surface area contributed by atoms with E-state index in [1.807, 2.05) is 36.6 Å². The molecule has 1 aromatic carbocycles. The van der Waals surface area contributed by atoms with Crippen LogP contribution in [0.25, 0.3) is 0 Å². The Morgan fingerprint density at radius 1 is 1.02 bits per heavy atom. The lowest BCUT2D eigenvalue weighted by molar-refractivity contribution is -0.145. The van der Waals surface area contributed by atoms with Crippen LogP contribution >= 0.6 is 11.8 Å². The van der Waals surface area contributed by atoms with Crippen LogP contribution in [0.4, 0.5) is 0 Å². The van der Waals surface area contributed by atoms with Gasteiger partial charge in [-0.3, -0.25) is 24.0 Å². The molecular formula is C29H43N5O6S. The van der Waals surface area contributed by atoms with Crippen LogP contribution in [-0.2, 0) is 35.1 Å². The van der Waals surface area contributed by atoms with Crippen LogP contribution in [0.5, 0.6) is 0 Å². The van der Waals surface area contributed by atoms with Crippen LogP contribution in [-0.4, -0.2) is 96.4 Å². The summed E-state index contributed by atoms with van der Waals surface area (Å²) in [6.45, 7) is 5.37. The molecule has 0 unspecified atom stereocenters. The molecule has 5 amide bonds. The second-order valence-electron chi connectivity index (χ2n) is 11.0. The fourth-order valence-electron chi connectivity index (χ4n) is 4.93. The third-order valence-corrected chi connectivity index (χ3v) is 7.87. The molecule has 41 heavy (non-hydrogen) atoms. The molecule has 2 fully saturated rings. The van der Waals surface area contributed by atoms with Crippen LogP contribution in [0, 0.1) is 5.92 Å². The summed E-state index contributed by atoms with van der Waals surface area (Å²) in [5.41, 5.74) is 0.938. The Kier molecular flexibility index (Phi) is 12.5. The molecule has 11 nitrogen and oxygen atoms in total. The Morgan fingerprint density at radius 2 is 1.76 bits per heavy atom. The number of thioether (sulfide) groups is 1. The van der Waals surface area contributed by atoms with E-state index in [1.165, 1.54) is 16.7 Å². The van der Waals surface area contributed by atoms with Gasteiger partial charge in [-0.2, -0.15) is 11.8 Å². The van der Waals surface area contributed by atoms with Crippen molar-refractivity contribution in [3.05, 3.63) is 35.9 Å². The molecule has 2 heterocycles. The smallest absolute Gasteiger partial charge is 0.252 e. The largest absolute Gasteiger partial charge is 0.368 e. The van der Waals surface area contributed by atoms with E-state index < -0.39 is 53.9 Å². The summed E-state index contributed by atoms with van der Waals surface area (Å²) < 4.78 is 5.63. The van der Waals surface area contributed by atoms with Crippen molar-refractivity contribution >= 4 is 41.3 Å². The lowest BCUT2D eigenvalue weighted by atomic mass is 10.0. The van der Waals surface area contributed by atoms with Gasteiger partial charge in [0.15, 0.2) is 0 Å². The van der Waals surface area contributed by atoms with E-state index >= 15 is 0 Å². The lowest BCUT2D eigenvalue weighted by Crippen LogP contribution is -2.57. The number of benzene rings is 1. The third kappa shape index (κ3) is 9.74. The maximum Gasteiger partial charge on any atom is 0.252 e. The molecule has 3 rings (SSSR count). The Hall–Kier alpha value is -3.12. The van der Waals surface area contributed by atoms with Gasteiger partial charge in [-0.25, -0.2) is 0 Å². The Morgan fingerprint density at radius 3 is 2.39 bits per heavy atom. The van der Waals surface area contributed by atoms with Crippen LogP contribution in [0.2, 0.25) is 0 Å². The van der Waals surface area contributed by atoms with Crippen LogP contribution in [0.3, 0.4) is 0 Å². The number of carbonyl (C=O) groups is 5. The number of hydrogen-bond donors (Lipinski definition) is 4. The molecule has 2 aliphatic rings. The van der Waals surface area contributed by atoms with Crippen molar-refractivity contribution in [2.45, 2.75) is 76.7 Å². The standard InChI is InChI=1S/C29H43N5O6S/c1-18(2)25-28(38)32-22(12-14-41-4)27(37)30-19(3)26(36)31-21(15-20-9-6-5-7-10-20)16-34(17-24(35)33-25)29(39)23-11-8-13-40-23/h5-7,9-10,18-19,21-23,25H,8,11-17H2,1-4H3,(H,30,37)(H,31,36)(H,32,38)(H,33,35)/t19-,21+,22-,23-,25-/m0/s1. The Labute approximate surface area is 246 Å². The Bertz CT molecular complexity index is 1070. The third-order valence-electron chi connectivity index (χ3n) is 7.22. The zero-order chi connectivity index (χ0) is 29.9. The lowest BCUT2D eigenvalue weighted by Gasteiger charge is -2.31. The summed E-state index contributed by atoms with van der Waals surface area (Å²) in [5.74, 6) is -1.93. The maximum absolute atomic E-state index is 13.5. The van der Waals surface area contributed by atoms with Crippen molar-refractivity contribution in [3.63, 3.8) is 0 Å². The predicted molar refractivity (Wildman–Crippen MR) is 157 cm³/mol. The van der Waals surface area contributed by atoms with Gasteiger partial charge in [-0.15, -0.1) is 0 Å². The average Bonchev–Trinajstić information content (AvgIpc) is 3.48. The van der Waals surface area contributed by atoms with E-state index in [1.54, 1.807) is 20.8 Å². The van der Waals surface area contributed by atoms with Crippen LogP contribution in [0.15, 0.2) is 30.3 Å². The minimum Gasteiger partial charge on any atom is -0.368 e. The first-order valence-electron chi connectivity index (χ1n) is 14.2. The van der Waals surface area contributed by atoms with Crippen LogP contribution < -0.4 is 21.3 Å². The monoisotopic (exact) mass is 589 g/mol. The SMILES string of the molecule is CSCC[C@@H]1NC(=O)[C@H](C(C)C)NC(=O)CN(C(=O)[C@@H]2CCCO2)C[C@@H](Cc2ccccc2)NC(=O)[C@H](C)NC1=O. The van der Waals surface area contributed by atoms with Gasteiger partial charge in [0.2, 0.25) is 23.6 Å². The van der Waals surface area contributed by atoms with Crippen molar-refractivity contribution in [2.75, 3.05) is 31.7 Å². The minimum absolute atomic E-state index is 0.0440. The zero-order valence-electron chi connectivity index (χ0n) is 24.3. The van der Waals surface area contributed by atoms with Gasteiger partial charge in [0.05, 0.1) is 12.6 Å². The number of hydrogen-bond acceptors (Lipinski definition) is 7. The van der Waals surface area contributed by atoms with Gasteiger partial charge >= 0.3 is 0 Å². The first-order chi connectivity index (χ1) is 19.6. The minimum atomic E-state index is -0.922. The summed E-state index contributed by atoms with van der Waals surface area (Å²) in [6.07, 6.45) is 3.27. The van der Waals surface area contributed by atoms with Gasteiger partial charge in [0.1, 0.15) is 24.2 Å². The number of carbonyl (C=O) groups excluding carboxylic acids is 5. The summed E-state index contributed by atoms with van der Waals surface area (Å²) in [6, 6.07) is 6.25. The number of rotatable bonds is 7. The van der Waals surface area contributed by atoms with Crippen molar-refractivity contribution in [2.24, 2.45) is 5.92 Å². The predicted octanol–water partition coefficient (Wildman–Crippen LogP) is 0.619. The molecule has 226 valence electrons. The van der Waals surface area contributed by atoms with Gasteiger partial charge in [-0.05, 0) is 56.1 Å². The normalized spacial score (nSPS) is 26.9. The van der Waals surface area contributed by atoms with Crippen molar-refractivity contribution in [1.82, 2.24) is 26.2 Å². The molecule has 0 aliphatic carbocycles. The van der Waals surface area contributed by atoms with Crippen molar-refractivity contribution < 1.29 is 28.7 Å². The van der Waals surface area contributed by atoms with E-state index in [9.17, 15) is 24.0 Å².